The van der Waals surface area contributed by atoms with Crippen molar-refractivity contribution in [2.75, 3.05) is 18.3 Å². The van der Waals surface area contributed by atoms with Crippen LogP contribution < -0.4 is 5.32 Å². The van der Waals surface area contributed by atoms with Gasteiger partial charge in [0.15, 0.2) is 5.04 Å². The summed E-state index contributed by atoms with van der Waals surface area (Å²) in [5.41, 5.74) is 3.26. The van der Waals surface area contributed by atoms with Crippen molar-refractivity contribution < 1.29 is 4.79 Å². The zero-order valence-corrected chi connectivity index (χ0v) is 18.1. The molecule has 1 aliphatic heterocycles. The van der Waals surface area contributed by atoms with Crippen LogP contribution in [0.25, 0.3) is 5.52 Å². The summed E-state index contributed by atoms with van der Waals surface area (Å²) in [5, 5.41) is 8.16. The Morgan fingerprint density at radius 2 is 2.07 bits per heavy atom. The van der Waals surface area contributed by atoms with Crippen molar-refractivity contribution in [1.29, 1.82) is 0 Å². The lowest BCUT2D eigenvalue weighted by Crippen LogP contribution is -2.40. The number of carbonyl (C=O) groups excluding carboxylic acids is 1. The highest BCUT2D eigenvalue weighted by Crippen LogP contribution is 2.16. The standard InChI is InChI=1S/C22H24ClN5OS/c23-16-30-22(24-12-18-13-25-28-10-5-4-8-20(18)28)21(29)26-19-9-11-27(15-19)14-17-6-2-1-3-7-17/h1-8,10,13,19H,9,11-12,14-16H2,(H,26,29). The Bertz CT molecular complexity index is 1020. The molecule has 0 aliphatic carbocycles. The van der Waals surface area contributed by atoms with E-state index in [-0.39, 0.29) is 17.2 Å². The van der Waals surface area contributed by atoms with E-state index >= 15 is 0 Å². The number of nitrogens with zero attached hydrogens (tertiary/aromatic N) is 4. The molecule has 2 aromatic heterocycles. The molecule has 0 radical (unpaired) electrons. The van der Waals surface area contributed by atoms with Crippen LogP contribution in [0.2, 0.25) is 0 Å². The molecule has 0 saturated carbocycles. The average Bonchev–Trinajstić information content (AvgIpc) is 3.38. The Balaban J connectivity index is 1.36. The number of carbonyl (C=O) groups is 1. The molecule has 3 heterocycles. The number of hydrogen-bond donors (Lipinski definition) is 1. The van der Waals surface area contributed by atoms with Gasteiger partial charge in [-0.2, -0.15) is 5.10 Å². The fourth-order valence-electron chi connectivity index (χ4n) is 3.68. The highest BCUT2D eigenvalue weighted by Gasteiger charge is 2.25. The number of aromatic nitrogens is 2. The van der Waals surface area contributed by atoms with E-state index in [1.54, 1.807) is 10.7 Å². The van der Waals surface area contributed by atoms with Crippen molar-refractivity contribution in [1.82, 2.24) is 19.8 Å². The molecule has 0 bridgehead atoms. The topological polar surface area (TPSA) is 62.0 Å². The summed E-state index contributed by atoms with van der Waals surface area (Å²) >= 11 is 7.16. The van der Waals surface area contributed by atoms with E-state index in [1.165, 1.54) is 17.3 Å². The number of alkyl halides is 1. The van der Waals surface area contributed by atoms with Crippen LogP contribution in [0.15, 0.2) is 65.9 Å². The summed E-state index contributed by atoms with van der Waals surface area (Å²) in [5.74, 6) is -0.149. The van der Waals surface area contributed by atoms with Crippen LogP contribution in [-0.4, -0.2) is 49.8 Å². The van der Waals surface area contributed by atoms with Gasteiger partial charge in [0.05, 0.1) is 23.5 Å². The van der Waals surface area contributed by atoms with Crippen LogP contribution in [0.1, 0.15) is 17.5 Å². The first-order chi connectivity index (χ1) is 14.7. The summed E-state index contributed by atoms with van der Waals surface area (Å²) in [4.78, 5) is 19.7. The van der Waals surface area contributed by atoms with Gasteiger partial charge in [-0.15, -0.1) is 11.6 Å². The van der Waals surface area contributed by atoms with E-state index in [4.69, 9.17) is 11.6 Å². The molecule has 4 rings (SSSR count). The molecule has 1 amide bonds. The molecule has 6 nitrogen and oxygen atoms in total. The monoisotopic (exact) mass is 441 g/mol. The van der Waals surface area contributed by atoms with Crippen molar-refractivity contribution in [3.63, 3.8) is 0 Å². The van der Waals surface area contributed by atoms with Crippen molar-refractivity contribution in [2.45, 2.75) is 25.6 Å². The van der Waals surface area contributed by atoms with Crippen LogP contribution in [0.5, 0.6) is 0 Å². The van der Waals surface area contributed by atoms with Gasteiger partial charge in [0, 0.05) is 37.4 Å². The van der Waals surface area contributed by atoms with Gasteiger partial charge in [-0.1, -0.05) is 48.2 Å². The number of rotatable bonds is 6. The van der Waals surface area contributed by atoms with Crippen molar-refractivity contribution in [2.24, 2.45) is 4.99 Å². The quantitative estimate of drug-likeness (QED) is 0.361. The van der Waals surface area contributed by atoms with Gasteiger partial charge < -0.3 is 5.32 Å². The number of likely N-dealkylation sites (tertiary alicyclic amines) is 1. The number of fused-ring (bicyclic) bond motifs is 1. The fourth-order valence-corrected chi connectivity index (χ4v) is 4.44. The van der Waals surface area contributed by atoms with Gasteiger partial charge in [-0.3, -0.25) is 14.7 Å². The van der Waals surface area contributed by atoms with Gasteiger partial charge in [0.1, 0.15) is 0 Å². The van der Waals surface area contributed by atoms with Gasteiger partial charge in [-0.25, -0.2) is 4.52 Å². The molecule has 1 aromatic carbocycles. The number of halogens is 1. The summed E-state index contributed by atoms with van der Waals surface area (Å²) < 4.78 is 1.80. The molecule has 3 aromatic rings. The van der Waals surface area contributed by atoms with Crippen LogP contribution in [0.4, 0.5) is 0 Å². The SMILES string of the molecule is O=C(NC1CCN(Cc2ccccc2)C1)C(=NCc1cnn2ccccc12)SCCl. The molecule has 1 atom stereocenters. The zero-order chi connectivity index (χ0) is 20.8. The first-order valence-corrected chi connectivity index (χ1v) is 11.5. The predicted molar refractivity (Wildman–Crippen MR) is 123 cm³/mol. The Kier molecular flexibility index (Phi) is 7.04. The van der Waals surface area contributed by atoms with Crippen LogP contribution in [-0.2, 0) is 17.9 Å². The number of hydrogen-bond acceptors (Lipinski definition) is 5. The van der Waals surface area contributed by atoms with E-state index in [1.807, 2.05) is 30.5 Å². The second kappa shape index (κ2) is 10.1. The lowest BCUT2D eigenvalue weighted by atomic mass is 10.2. The van der Waals surface area contributed by atoms with Crippen LogP contribution >= 0.6 is 23.4 Å². The molecule has 156 valence electrons. The maximum atomic E-state index is 12.8. The molecular weight excluding hydrogens is 418 g/mol. The van der Waals surface area contributed by atoms with E-state index in [0.29, 0.717) is 11.6 Å². The Morgan fingerprint density at radius 1 is 1.23 bits per heavy atom. The lowest BCUT2D eigenvalue weighted by Gasteiger charge is -2.17. The maximum Gasteiger partial charge on any atom is 0.276 e. The number of nitrogens with one attached hydrogen (secondary N) is 1. The van der Waals surface area contributed by atoms with Gasteiger partial charge in [0.25, 0.3) is 5.91 Å². The Morgan fingerprint density at radius 3 is 2.90 bits per heavy atom. The molecule has 1 N–H and O–H groups in total. The second-order valence-electron chi connectivity index (χ2n) is 7.25. The van der Waals surface area contributed by atoms with E-state index in [0.717, 1.165) is 37.1 Å². The number of amides is 1. The van der Waals surface area contributed by atoms with Gasteiger partial charge in [-0.05, 0) is 24.1 Å². The number of pyridine rings is 1. The molecule has 1 aliphatic rings. The number of aliphatic imine (C=N–C) groups is 1. The average molecular weight is 442 g/mol. The highest BCUT2D eigenvalue weighted by atomic mass is 35.5. The van der Waals surface area contributed by atoms with Crippen LogP contribution in [0.3, 0.4) is 0 Å². The minimum absolute atomic E-state index is 0.124. The molecule has 1 unspecified atom stereocenters. The smallest absolute Gasteiger partial charge is 0.276 e. The van der Waals surface area contributed by atoms with Crippen molar-refractivity contribution in [3.8, 4) is 0 Å². The number of benzene rings is 1. The Hall–Kier alpha value is -2.35. The third-order valence-corrected chi connectivity index (χ3v) is 6.17. The molecule has 0 spiro atoms. The molecule has 1 fully saturated rings. The van der Waals surface area contributed by atoms with E-state index in [2.05, 4.69) is 44.6 Å². The predicted octanol–water partition coefficient (Wildman–Crippen LogP) is 3.55. The maximum absolute atomic E-state index is 12.8. The first kappa shape index (κ1) is 20.9. The first-order valence-electron chi connectivity index (χ1n) is 9.94. The van der Waals surface area contributed by atoms with Gasteiger partial charge >= 0.3 is 0 Å². The van der Waals surface area contributed by atoms with Gasteiger partial charge in [0.2, 0.25) is 0 Å². The zero-order valence-electron chi connectivity index (χ0n) is 16.6. The lowest BCUT2D eigenvalue weighted by molar-refractivity contribution is -0.115. The molecular formula is C22H24ClN5OS. The second-order valence-corrected chi connectivity index (χ2v) is 8.80. The fraction of sp³-hybridized carbons (Fsp3) is 0.318. The Labute approximate surface area is 185 Å². The van der Waals surface area contributed by atoms with E-state index in [9.17, 15) is 4.79 Å². The minimum atomic E-state index is -0.149. The molecule has 8 heteroatoms. The summed E-state index contributed by atoms with van der Waals surface area (Å²) in [6.07, 6.45) is 4.62. The van der Waals surface area contributed by atoms with E-state index < -0.39 is 0 Å². The molecule has 1 saturated heterocycles. The number of thioether (sulfide) groups is 1. The molecule has 30 heavy (non-hydrogen) atoms. The summed E-state index contributed by atoms with van der Waals surface area (Å²) in [6.45, 7) is 3.11. The van der Waals surface area contributed by atoms with Crippen LogP contribution in [0, 0.1) is 0 Å². The third-order valence-electron chi connectivity index (χ3n) is 5.14. The largest absolute Gasteiger partial charge is 0.346 e. The minimum Gasteiger partial charge on any atom is -0.346 e. The summed E-state index contributed by atoms with van der Waals surface area (Å²) in [7, 11) is 0. The highest BCUT2D eigenvalue weighted by molar-refractivity contribution is 8.16. The third kappa shape index (κ3) is 5.22. The van der Waals surface area contributed by atoms with Crippen molar-refractivity contribution in [3.05, 3.63) is 72.1 Å². The summed E-state index contributed by atoms with van der Waals surface area (Å²) in [6, 6.07) is 16.4. The normalized spacial score (nSPS) is 17.5. The van der Waals surface area contributed by atoms with Crippen molar-refractivity contribution >= 4 is 39.8 Å².